The lowest BCUT2D eigenvalue weighted by molar-refractivity contribution is 0.156. The summed E-state index contributed by atoms with van der Waals surface area (Å²) in [5, 5.41) is 0. The maximum Gasteiger partial charge on any atom is 0.119 e. The molecule has 4 atom stereocenters. The molecule has 0 radical (unpaired) electrons. The zero-order valence-corrected chi connectivity index (χ0v) is 13.2. The average molecular weight is 283 g/mol. The lowest BCUT2D eigenvalue weighted by Gasteiger charge is -2.43. The fourth-order valence-electron chi connectivity index (χ4n) is 3.85. The fraction of sp³-hybridized carbons (Fsp3) is 0.474. The Kier molecular flexibility index (Phi) is 4.16. The average Bonchev–Trinajstić information content (AvgIpc) is 2.53. The molecule has 1 aromatic rings. The summed E-state index contributed by atoms with van der Waals surface area (Å²) in [6.45, 7) is 0. The van der Waals surface area contributed by atoms with Crippen LogP contribution in [0.3, 0.4) is 0 Å². The number of ether oxygens (including phenoxy) is 1. The minimum absolute atomic E-state index is 0.576. The Labute approximate surface area is 128 Å². The van der Waals surface area contributed by atoms with E-state index in [1.54, 1.807) is 7.11 Å². The minimum atomic E-state index is 0.576. The largest absolute Gasteiger partial charge is 0.497 e. The second kappa shape index (κ2) is 6.07. The normalized spacial score (nSPS) is 31.2. The highest BCUT2D eigenvalue weighted by Crippen LogP contribution is 2.45. The molecule has 1 saturated carbocycles. The molecule has 0 aliphatic heterocycles. The highest BCUT2D eigenvalue weighted by atomic mass is 16.5. The summed E-state index contributed by atoms with van der Waals surface area (Å²) in [5.41, 5.74) is 1.41. The Morgan fingerprint density at radius 3 is 2.67 bits per heavy atom. The molecule has 112 valence electrons. The van der Waals surface area contributed by atoms with Crippen molar-refractivity contribution in [3.05, 3.63) is 54.1 Å². The van der Waals surface area contributed by atoms with Crippen molar-refractivity contribution >= 4 is 0 Å². The number of rotatable bonds is 3. The van der Waals surface area contributed by atoms with Crippen LogP contribution in [0.2, 0.25) is 0 Å². The van der Waals surface area contributed by atoms with E-state index in [-0.39, 0.29) is 0 Å². The van der Waals surface area contributed by atoms with Crippen LogP contribution in [0.15, 0.2) is 48.6 Å². The van der Waals surface area contributed by atoms with E-state index in [0.717, 1.165) is 5.75 Å². The van der Waals surface area contributed by atoms with Crippen molar-refractivity contribution in [2.45, 2.75) is 24.8 Å². The van der Waals surface area contributed by atoms with Gasteiger partial charge in [0, 0.05) is 6.04 Å². The molecule has 2 heteroatoms. The molecular formula is C19H25NO. The van der Waals surface area contributed by atoms with Crippen molar-refractivity contribution in [3.63, 3.8) is 0 Å². The van der Waals surface area contributed by atoms with Crippen LogP contribution in [0, 0.1) is 11.8 Å². The number of methoxy groups -OCH3 is 1. The van der Waals surface area contributed by atoms with E-state index < -0.39 is 0 Å². The quantitative estimate of drug-likeness (QED) is 0.835. The Hall–Kier alpha value is -1.54. The van der Waals surface area contributed by atoms with E-state index in [0.29, 0.717) is 23.8 Å². The second-order valence-electron chi connectivity index (χ2n) is 6.48. The second-order valence-corrected chi connectivity index (χ2v) is 6.48. The van der Waals surface area contributed by atoms with Gasteiger partial charge < -0.3 is 9.64 Å². The van der Waals surface area contributed by atoms with Gasteiger partial charge in [0.15, 0.2) is 0 Å². The Balaban J connectivity index is 1.92. The summed E-state index contributed by atoms with van der Waals surface area (Å²) < 4.78 is 5.41. The topological polar surface area (TPSA) is 12.5 Å². The van der Waals surface area contributed by atoms with Crippen LogP contribution in [0.1, 0.15) is 24.3 Å². The summed E-state index contributed by atoms with van der Waals surface area (Å²) in [4.78, 5) is 2.38. The van der Waals surface area contributed by atoms with E-state index in [9.17, 15) is 0 Å². The smallest absolute Gasteiger partial charge is 0.119 e. The number of hydrogen-bond acceptors (Lipinski definition) is 2. The predicted octanol–water partition coefficient (Wildman–Crippen LogP) is 3.86. The highest BCUT2D eigenvalue weighted by molar-refractivity contribution is 5.34. The van der Waals surface area contributed by atoms with Gasteiger partial charge >= 0.3 is 0 Å². The third kappa shape index (κ3) is 2.91. The van der Waals surface area contributed by atoms with Crippen LogP contribution >= 0.6 is 0 Å². The fourth-order valence-corrected chi connectivity index (χ4v) is 3.85. The molecule has 2 aliphatic rings. The van der Waals surface area contributed by atoms with Crippen molar-refractivity contribution in [2.24, 2.45) is 11.8 Å². The number of fused-ring (bicyclic) bond motifs is 1. The van der Waals surface area contributed by atoms with E-state index in [4.69, 9.17) is 4.74 Å². The first-order chi connectivity index (χ1) is 10.2. The zero-order chi connectivity index (χ0) is 14.8. The molecule has 0 amide bonds. The Morgan fingerprint density at radius 2 is 1.90 bits per heavy atom. The molecule has 3 rings (SSSR count). The van der Waals surface area contributed by atoms with Gasteiger partial charge in [0.25, 0.3) is 0 Å². The van der Waals surface area contributed by atoms with Gasteiger partial charge in [-0.1, -0.05) is 36.4 Å². The van der Waals surface area contributed by atoms with Crippen LogP contribution in [-0.4, -0.2) is 32.1 Å². The van der Waals surface area contributed by atoms with Gasteiger partial charge in [0.1, 0.15) is 5.75 Å². The lowest BCUT2D eigenvalue weighted by atomic mass is 9.66. The van der Waals surface area contributed by atoms with E-state index >= 15 is 0 Å². The monoisotopic (exact) mass is 283 g/mol. The van der Waals surface area contributed by atoms with Crippen LogP contribution in [0.25, 0.3) is 0 Å². The molecule has 21 heavy (non-hydrogen) atoms. The van der Waals surface area contributed by atoms with E-state index in [1.165, 1.54) is 18.4 Å². The molecule has 2 nitrogen and oxygen atoms in total. The maximum atomic E-state index is 5.41. The van der Waals surface area contributed by atoms with Gasteiger partial charge in [-0.25, -0.2) is 0 Å². The van der Waals surface area contributed by atoms with Crippen molar-refractivity contribution in [1.82, 2.24) is 4.90 Å². The van der Waals surface area contributed by atoms with E-state index in [1.807, 2.05) is 6.07 Å². The number of allylic oxidation sites excluding steroid dienone is 4. The molecule has 1 fully saturated rings. The molecule has 0 spiro atoms. The number of benzene rings is 1. The molecule has 4 unspecified atom stereocenters. The first-order valence-electron chi connectivity index (χ1n) is 7.84. The Bertz CT molecular complexity index is 546. The SMILES string of the molecule is COc1cccc(C2CC(N(C)C)CC3C=CC=CC32)c1. The summed E-state index contributed by atoms with van der Waals surface area (Å²) in [5.74, 6) is 2.82. The zero-order valence-electron chi connectivity index (χ0n) is 13.2. The summed E-state index contributed by atoms with van der Waals surface area (Å²) in [6.07, 6.45) is 11.7. The van der Waals surface area contributed by atoms with Crippen LogP contribution < -0.4 is 4.74 Å². The van der Waals surface area contributed by atoms with Gasteiger partial charge in [-0.2, -0.15) is 0 Å². The summed E-state index contributed by atoms with van der Waals surface area (Å²) in [6, 6.07) is 9.27. The molecule has 0 saturated heterocycles. The molecule has 0 bridgehead atoms. The van der Waals surface area contributed by atoms with Crippen LogP contribution in [-0.2, 0) is 0 Å². The van der Waals surface area contributed by atoms with Gasteiger partial charge in [0.2, 0.25) is 0 Å². The standard InChI is InChI=1S/C19H25NO/c1-20(2)16-11-14-7-4-5-10-18(14)19(13-16)15-8-6-9-17(12-15)21-3/h4-10,12,14,16,18-19H,11,13H2,1-3H3. The molecule has 0 heterocycles. The molecule has 0 N–H and O–H groups in total. The van der Waals surface area contributed by atoms with Gasteiger partial charge in [-0.05, 0) is 62.4 Å². The first-order valence-corrected chi connectivity index (χ1v) is 7.84. The number of nitrogens with zero attached hydrogens (tertiary/aromatic N) is 1. The molecule has 1 aromatic carbocycles. The highest BCUT2D eigenvalue weighted by Gasteiger charge is 2.37. The van der Waals surface area contributed by atoms with Crippen molar-refractivity contribution < 1.29 is 4.74 Å². The van der Waals surface area contributed by atoms with Gasteiger partial charge in [0.05, 0.1) is 7.11 Å². The van der Waals surface area contributed by atoms with Crippen molar-refractivity contribution in [1.29, 1.82) is 0 Å². The molecular weight excluding hydrogens is 258 g/mol. The Morgan fingerprint density at radius 1 is 1.10 bits per heavy atom. The number of hydrogen-bond donors (Lipinski definition) is 0. The van der Waals surface area contributed by atoms with Crippen LogP contribution in [0.4, 0.5) is 0 Å². The molecule has 2 aliphatic carbocycles. The van der Waals surface area contributed by atoms with Crippen LogP contribution in [0.5, 0.6) is 5.75 Å². The maximum absolute atomic E-state index is 5.41. The summed E-state index contributed by atoms with van der Waals surface area (Å²) >= 11 is 0. The van der Waals surface area contributed by atoms with Gasteiger partial charge in [-0.15, -0.1) is 0 Å². The minimum Gasteiger partial charge on any atom is -0.497 e. The third-order valence-corrected chi connectivity index (χ3v) is 5.08. The predicted molar refractivity (Wildman–Crippen MR) is 87.7 cm³/mol. The van der Waals surface area contributed by atoms with Gasteiger partial charge in [-0.3, -0.25) is 0 Å². The molecule has 0 aromatic heterocycles. The third-order valence-electron chi connectivity index (χ3n) is 5.08. The van der Waals surface area contributed by atoms with E-state index in [2.05, 4.69) is 61.5 Å². The first kappa shape index (κ1) is 14.4. The van der Waals surface area contributed by atoms with Crippen molar-refractivity contribution in [2.75, 3.05) is 21.2 Å². The van der Waals surface area contributed by atoms with Crippen molar-refractivity contribution in [3.8, 4) is 5.75 Å². The lowest BCUT2D eigenvalue weighted by Crippen LogP contribution is -2.40. The summed E-state index contributed by atoms with van der Waals surface area (Å²) in [7, 11) is 6.15.